The van der Waals surface area contributed by atoms with E-state index in [1.165, 1.54) is 12.0 Å². The standard InChI is InChI=1S/C20H29NO6Si/c1-20(2,3)28(5,6)27-18-15-14(16(26-18)17(22)24-4)21(15)19(23)25-12-13-10-8-7-9-11-13/h7-11,14-16,18H,12H2,1-6H3/t14-,15+,16+,18+,21?/m1/s1. The summed E-state index contributed by atoms with van der Waals surface area (Å²) in [5, 5.41) is -0.0251. The molecule has 2 heterocycles. The van der Waals surface area contributed by atoms with Crippen molar-refractivity contribution in [2.24, 2.45) is 0 Å². The van der Waals surface area contributed by atoms with Crippen LogP contribution in [0.1, 0.15) is 26.3 Å². The SMILES string of the molecule is COC(=O)[C@H]1O[C@@H](O[Si](C)(C)C(C)(C)C)[C@@H]2[C@H]1N2C(=O)OCc1ccccc1. The Hall–Kier alpha value is -1.90. The van der Waals surface area contributed by atoms with Crippen molar-refractivity contribution in [3.05, 3.63) is 35.9 Å². The van der Waals surface area contributed by atoms with E-state index in [0.717, 1.165) is 5.56 Å². The van der Waals surface area contributed by atoms with Crippen LogP contribution in [-0.4, -0.2) is 56.9 Å². The fourth-order valence-corrected chi connectivity index (χ4v) is 4.23. The fraction of sp³-hybridized carbons (Fsp3) is 0.600. The number of amides is 1. The first-order valence-corrected chi connectivity index (χ1v) is 12.4. The van der Waals surface area contributed by atoms with Gasteiger partial charge >= 0.3 is 12.1 Å². The molecule has 2 aliphatic heterocycles. The van der Waals surface area contributed by atoms with E-state index in [9.17, 15) is 9.59 Å². The average molecular weight is 408 g/mol. The third kappa shape index (κ3) is 3.94. The van der Waals surface area contributed by atoms with E-state index >= 15 is 0 Å². The third-order valence-electron chi connectivity index (χ3n) is 5.84. The summed E-state index contributed by atoms with van der Waals surface area (Å²) < 4.78 is 22.5. The molecular weight excluding hydrogens is 378 g/mol. The zero-order valence-corrected chi connectivity index (χ0v) is 18.3. The maximum absolute atomic E-state index is 12.6. The Bertz CT molecular complexity index is 732. The Balaban J connectivity index is 1.70. The molecule has 1 aromatic rings. The average Bonchev–Trinajstić information content (AvgIpc) is 3.28. The maximum Gasteiger partial charge on any atom is 0.411 e. The van der Waals surface area contributed by atoms with E-state index in [1.54, 1.807) is 0 Å². The predicted molar refractivity (Wildman–Crippen MR) is 105 cm³/mol. The van der Waals surface area contributed by atoms with Crippen LogP contribution in [0, 0.1) is 0 Å². The van der Waals surface area contributed by atoms with Gasteiger partial charge in [0.15, 0.2) is 20.7 Å². The molecule has 0 unspecified atom stereocenters. The van der Waals surface area contributed by atoms with Crippen LogP contribution in [0.4, 0.5) is 4.79 Å². The molecule has 7 nitrogen and oxygen atoms in total. The normalized spacial score (nSPS) is 26.6. The Morgan fingerprint density at radius 2 is 1.79 bits per heavy atom. The van der Waals surface area contributed by atoms with Crippen LogP contribution in [0.3, 0.4) is 0 Å². The summed E-state index contributed by atoms with van der Waals surface area (Å²) >= 11 is 0. The Kier molecular flexibility index (Phi) is 5.57. The highest BCUT2D eigenvalue weighted by molar-refractivity contribution is 6.74. The summed E-state index contributed by atoms with van der Waals surface area (Å²) in [5.74, 6) is -0.505. The van der Waals surface area contributed by atoms with E-state index in [4.69, 9.17) is 18.6 Å². The minimum Gasteiger partial charge on any atom is -0.467 e. The van der Waals surface area contributed by atoms with E-state index in [1.807, 2.05) is 30.3 Å². The van der Waals surface area contributed by atoms with Gasteiger partial charge in [0.05, 0.1) is 13.2 Å². The van der Waals surface area contributed by atoms with Crippen LogP contribution >= 0.6 is 0 Å². The first kappa shape index (κ1) is 20.8. The Labute approximate surface area is 167 Å². The van der Waals surface area contributed by atoms with E-state index in [-0.39, 0.29) is 17.7 Å². The van der Waals surface area contributed by atoms with Gasteiger partial charge in [-0.15, -0.1) is 0 Å². The van der Waals surface area contributed by atoms with Gasteiger partial charge in [-0.25, -0.2) is 9.59 Å². The number of methoxy groups -OCH3 is 1. The second kappa shape index (κ2) is 7.49. The first-order valence-electron chi connectivity index (χ1n) is 9.47. The molecule has 0 aromatic heterocycles. The highest BCUT2D eigenvalue weighted by atomic mass is 28.4. The zero-order chi connectivity index (χ0) is 20.7. The molecule has 2 fully saturated rings. The van der Waals surface area contributed by atoms with Crippen molar-refractivity contribution in [2.45, 2.75) is 70.0 Å². The molecule has 0 saturated carbocycles. The molecule has 8 heteroatoms. The lowest BCUT2D eigenvalue weighted by Gasteiger charge is -2.38. The molecule has 1 aromatic carbocycles. The molecule has 2 saturated heterocycles. The number of ether oxygens (including phenoxy) is 3. The molecule has 0 radical (unpaired) electrons. The lowest BCUT2D eigenvalue weighted by Crippen LogP contribution is -2.47. The van der Waals surface area contributed by atoms with Crippen molar-refractivity contribution in [2.75, 3.05) is 7.11 Å². The Morgan fingerprint density at radius 3 is 2.36 bits per heavy atom. The predicted octanol–water partition coefficient (Wildman–Crippen LogP) is 3.30. The molecule has 2 aliphatic rings. The van der Waals surface area contributed by atoms with Crippen LogP contribution in [0.2, 0.25) is 18.1 Å². The molecule has 4 atom stereocenters. The number of esters is 1. The van der Waals surface area contributed by atoms with Crippen LogP contribution in [0.25, 0.3) is 0 Å². The monoisotopic (exact) mass is 407 g/mol. The number of rotatable bonds is 5. The van der Waals surface area contributed by atoms with E-state index < -0.39 is 38.8 Å². The van der Waals surface area contributed by atoms with Gasteiger partial charge in [0.2, 0.25) is 0 Å². The molecule has 154 valence electrons. The quantitative estimate of drug-likeness (QED) is 0.424. The minimum atomic E-state index is -2.15. The van der Waals surface area contributed by atoms with Gasteiger partial charge in [0, 0.05) is 0 Å². The fourth-order valence-electron chi connectivity index (χ4n) is 3.10. The maximum atomic E-state index is 12.6. The number of hydrogen-bond acceptors (Lipinski definition) is 6. The summed E-state index contributed by atoms with van der Waals surface area (Å²) in [4.78, 5) is 26.3. The van der Waals surface area contributed by atoms with Crippen LogP contribution in [-0.2, 0) is 30.0 Å². The highest BCUT2D eigenvalue weighted by Crippen LogP contribution is 2.47. The zero-order valence-electron chi connectivity index (χ0n) is 17.3. The Morgan fingerprint density at radius 1 is 1.14 bits per heavy atom. The van der Waals surface area contributed by atoms with Crippen LogP contribution in [0.5, 0.6) is 0 Å². The molecule has 3 rings (SSSR count). The molecule has 0 N–H and O–H groups in total. The lowest BCUT2D eigenvalue weighted by molar-refractivity contribution is -0.168. The molecule has 0 aliphatic carbocycles. The van der Waals surface area contributed by atoms with E-state index in [0.29, 0.717) is 0 Å². The van der Waals surface area contributed by atoms with Gasteiger partial charge in [-0.3, -0.25) is 4.90 Å². The minimum absolute atomic E-state index is 0.0251. The van der Waals surface area contributed by atoms with Gasteiger partial charge in [-0.05, 0) is 23.7 Å². The number of hydrogen-bond donors (Lipinski definition) is 0. The summed E-state index contributed by atoms with van der Waals surface area (Å²) in [7, 11) is -0.842. The number of morpholine rings is 1. The number of nitrogens with zero attached hydrogens (tertiary/aromatic N) is 1. The van der Waals surface area contributed by atoms with Crippen molar-refractivity contribution < 1.29 is 28.2 Å². The third-order valence-corrected chi connectivity index (χ3v) is 10.3. The number of fused-ring (bicyclic) bond motifs is 1. The largest absolute Gasteiger partial charge is 0.467 e. The molecule has 1 amide bonds. The van der Waals surface area contributed by atoms with Crippen molar-refractivity contribution in [1.82, 2.24) is 4.90 Å². The van der Waals surface area contributed by atoms with Gasteiger partial charge in [0.25, 0.3) is 0 Å². The summed E-state index contributed by atoms with van der Waals surface area (Å²) in [6.07, 6.45) is -1.98. The number of carbonyl (C=O) groups is 2. The molecule has 0 spiro atoms. The smallest absolute Gasteiger partial charge is 0.411 e. The number of benzene rings is 1. The molecule has 0 bridgehead atoms. The van der Waals surface area contributed by atoms with Crippen molar-refractivity contribution >= 4 is 20.4 Å². The van der Waals surface area contributed by atoms with Crippen molar-refractivity contribution in [1.29, 1.82) is 0 Å². The molecular formula is C20H29NO6Si. The summed E-state index contributed by atoms with van der Waals surface area (Å²) in [6.45, 7) is 10.8. The second-order valence-electron chi connectivity index (χ2n) is 8.76. The summed E-state index contributed by atoms with van der Waals surface area (Å²) in [6, 6.07) is 8.72. The van der Waals surface area contributed by atoms with Gasteiger partial charge in [0.1, 0.15) is 12.6 Å². The topological polar surface area (TPSA) is 74.1 Å². The number of carbonyl (C=O) groups excluding carboxylic acids is 2. The van der Waals surface area contributed by atoms with Gasteiger partial charge < -0.3 is 18.6 Å². The van der Waals surface area contributed by atoms with Gasteiger partial charge in [-0.2, -0.15) is 0 Å². The lowest BCUT2D eigenvalue weighted by atomic mass is 10.2. The first-order chi connectivity index (χ1) is 13.1. The van der Waals surface area contributed by atoms with E-state index in [2.05, 4.69) is 33.9 Å². The highest BCUT2D eigenvalue weighted by Gasteiger charge is 2.69. The van der Waals surface area contributed by atoms with Crippen LogP contribution in [0.15, 0.2) is 30.3 Å². The van der Waals surface area contributed by atoms with Crippen LogP contribution < -0.4 is 0 Å². The molecule has 28 heavy (non-hydrogen) atoms. The summed E-state index contributed by atoms with van der Waals surface area (Å²) in [5.41, 5.74) is 0.901. The second-order valence-corrected chi connectivity index (χ2v) is 13.5. The van der Waals surface area contributed by atoms with Crippen molar-refractivity contribution in [3.63, 3.8) is 0 Å². The van der Waals surface area contributed by atoms with Crippen molar-refractivity contribution in [3.8, 4) is 0 Å². The van der Waals surface area contributed by atoms with Gasteiger partial charge in [-0.1, -0.05) is 51.1 Å².